The Kier molecular flexibility index (Phi) is 6.44. The van der Waals surface area contributed by atoms with Gasteiger partial charge < -0.3 is 10.2 Å². The van der Waals surface area contributed by atoms with Crippen molar-refractivity contribution in [3.8, 4) is 0 Å². The lowest BCUT2D eigenvalue weighted by atomic mass is 10.2. The third-order valence-electron chi connectivity index (χ3n) is 5.59. The SMILES string of the molecule is Cc1ccc(NC(=O)[C@H](C)N2CCN(CC(=O)N3CCCC3)CC2)cc1F. The smallest absolute Gasteiger partial charge is 0.241 e. The quantitative estimate of drug-likeness (QED) is 0.850. The van der Waals surface area contributed by atoms with Gasteiger partial charge in [0.1, 0.15) is 5.82 Å². The fraction of sp³-hybridized carbons (Fsp3) is 0.600. The third kappa shape index (κ3) is 5.05. The highest BCUT2D eigenvalue weighted by Crippen LogP contribution is 2.15. The minimum atomic E-state index is -0.322. The summed E-state index contributed by atoms with van der Waals surface area (Å²) >= 11 is 0. The lowest BCUT2D eigenvalue weighted by molar-refractivity contribution is -0.132. The maximum absolute atomic E-state index is 13.6. The molecule has 1 atom stereocenters. The first-order valence-corrected chi connectivity index (χ1v) is 9.75. The largest absolute Gasteiger partial charge is 0.342 e. The number of benzene rings is 1. The molecule has 2 amide bonds. The summed E-state index contributed by atoms with van der Waals surface area (Å²) in [7, 11) is 0. The van der Waals surface area contributed by atoms with Crippen molar-refractivity contribution in [1.29, 1.82) is 0 Å². The van der Waals surface area contributed by atoms with Gasteiger partial charge in [-0.2, -0.15) is 0 Å². The van der Waals surface area contributed by atoms with Crippen molar-refractivity contribution in [2.45, 2.75) is 32.7 Å². The molecule has 0 saturated carbocycles. The van der Waals surface area contributed by atoms with E-state index in [1.54, 1.807) is 19.1 Å². The van der Waals surface area contributed by atoms with Gasteiger partial charge >= 0.3 is 0 Å². The Balaban J connectivity index is 1.45. The van der Waals surface area contributed by atoms with Gasteiger partial charge in [0.05, 0.1) is 12.6 Å². The van der Waals surface area contributed by atoms with Crippen molar-refractivity contribution in [3.05, 3.63) is 29.6 Å². The molecule has 27 heavy (non-hydrogen) atoms. The van der Waals surface area contributed by atoms with Gasteiger partial charge in [-0.25, -0.2) is 4.39 Å². The number of halogens is 1. The van der Waals surface area contributed by atoms with Crippen molar-refractivity contribution in [2.24, 2.45) is 0 Å². The van der Waals surface area contributed by atoms with Crippen LogP contribution in [0, 0.1) is 12.7 Å². The van der Waals surface area contributed by atoms with E-state index in [2.05, 4.69) is 15.1 Å². The number of likely N-dealkylation sites (tertiary alicyclic amines) is 1. The van der Waals surface area contributed by atoms with Crippen LogP contribution in [0.1, 0.15) is 25.3 Å². The fourth-order valence-electron chi connectivity index (χ4n) is 3.65. The number of aryl methyl sites for hydroxylation is 1. The molecule has 2 aliphatic rings. The summed E-state index contributed by atoms with van der Waals surface area (Å²) in [6.07, 6.45) is 2.22. The highest BCUT2D eigenvalue weighted by Gasteiger charge is 2.27. The molecule has 1 aromatic carbocycles. The molecule has 2 saturated heterocycles. The van der Waals surface area contributed by atoms with Crippen LogP contribution in [0.5, 0.6) is 0 Å². The van der Waals surface area contributed by atoms with Gasteiger partial charge in [0, 0.05) is 45.0 Å². The number of amides is 2. The monoisotopic (exact) mass is 376 g/mol. The summed E-state index contributed by atoms with van der Waals surface area (Å²) in [6, 6.07) is 4.42. The van der Waals surface area contributed by atoms with Crippen LogP contribution in [0.4, 0.5) is 10.1 Å². The van der Waals surface area contributed by atoms with Crippen LogP contribution in [0.3, 0.4) is 0 Å². The van der Waals surface area contributed by atoms with E-state index in [0.717, 1.165) is 52.1 Å². The van der Waals surface area contributed by atoms with Gasteiger partial charge in [0.15, 0.2) is 0 Å². The number of carbonyl (C=O) groups is 2. The molecule has 2 aliphatic heterocycles. The molecule has 3 rings (SSSR count). The van der Waals surface area contributed by atoms with Gasteiger partial charge in [-0.3, -0.25) is 19.4 Å². The number of nitrogens with one attached hydrogen (secondary N) is 1. The van der Waals surface area contributed by atoms with Gasteiger partial charge in [0.25, 0.3) is 0 Å². The van der Waals surface area contributed by atoms with E-state index in [-0.39, 0.29) is 23.7 Å². The van der Waals surface area contributed by atoms with Crippen LogP contribution < -0.4 is 5.32 Å². The normalized spacial score (nSPS) is 19.9. The molecule has 0 aromatic heterocycles. The molecule has 0 aliphatic carbocycles. The molecule has 2 heterocycles. The lowest BCUT2D eigenvalue weighted by Crippen LogP contribution is -2.54. The van der Waals surface area contributed by atoms with Crippen molar-refractivity contribution >= 4 is 17.5 Å². The highest BCUT2D eigenvalue weighted by atomic mass is 19.1. The summed E-state index contributed by atoms with van der Waals surface area (Å²) in [5.41, 5.74) is 1.03. The van der Waals surface area contributed by atoms with Gasteiger partial charge in [-0.05, 0) is 44.4 Å². The molecule has 148 valence electrons. The Morgan fingerprint density at radius 3 is 2.41 bits per heavy atom. The lowest BCUT2D eigenvalue weighted by Gasteiger charge is -2.37. The third-order valence-corrected chi connectivity index (χ3v) is 5.59. The van der Waals surface area contributed by atoms with Gasteiger partial charge in [0.2, 0.25) is 11.8 Å². The first kappa shape index (κ1) is 19.8. The highest BCUT2D eigenvalue weighted by molar-refractivity contribution is 5.94. The van der Waals surface area contributed by atoms with Crippen LogP contribution >= 0.6 is 0 Å². The number of hydrogen-bond donors (Lipinski definition) is 1. The number of anilines is 1. The number of nitrogens with zero attached hydrogens (tertiary/aromatic N) is 3. The van der Waals surface area contributed by atoms with Crippen LogP contribution in [-0.4, -0.2) is 78.4 Å². The average Bonchev–Trinajstić information content (AvgIpc) is 3.20. The summed E-state index contributed by atoms with van der Waals surface area (Å²) < 4.78 is 13.6. The molecule has 0 radical (unpaired) electrons. The molecular formula is C20H29FN4O2. The van der Waals surface area contributed by atoms with Gasteiger partial charge in [-0.1, -0.05) is 6.07 Å². The molecule has 2 fully saturated rings. The number of piperazine rings is 1. The number of hydrogen-bond acceptors (Lipinski definition) is 4. The maximum atomic E-state index is 13.6. The van der Waals surface area contributed by atoms with Crippen molar-refractivity contribution in [2.75, 3.05) is 51.1 Å². The molecular weight excluding hydrogens is 347 g/mol. The molecule has 1 aromatic rings. The molecule has 7 heteroatoms. The first-order valence-electron chi connectivity index (χ1n) is 9.75. The summed E-state index contributed by atoms with van der Waals surface area (Å²) in [4.78, 5) is 31.0. The summed E-state index contributed by atoms with van der Waals surface area (Å²) in [6.45, 7) is 8.83. The van der Waals surface area contributed by atoms with E-state index in [0.29, 0.717) is 17.8 Å². The fourth-order valence-corrected chi connectivity index (χ4v) is 3.65. The Hall–Kier alpha value is -1.99. The minimum absolute atomic E-state index is 0.139. The second-order valence-electron chi connectivity index (χ2n) is 7.53. The van der Waals surface area contributed by atoms with Crippen LogP contribution in [0.25, 0.3) is 0 Å². The standard InChI is InChI=1S/C20H29FN4O2/c1-15-5-6-17(13-18(15)21)22-20(27)16(2)24-11-9-23(10-12-24)14-19(26)25-7-3-4-8-25/h5-6,13,16H,3-4,7-12,14H2,1-2H3,(H,22,27)/t16-/m0/s1. The van der Waals surface area contributed by atoms with Crippen LogP contribution in [0.2, 0.25) is 0 Å². The predicted octanol–water partition coefficient (Wildman–Crippen LogP) is 1.70. The maximum Gasteiger partial charge on any atom is 0.241 e. The molecule has 0 spiro atoms. The number of rotatable bonds is 5. The van der Waals surface area contributed by atoms with E-state index < -0.39 is 0 Å². The van der Waals surface area contributed by atoms with E-state index in [1.165, 1.54) is 6.07 Å². The van der Waals surface area contributed by atoms with E-state index in [4.69, 9.17) is 0 Å². The Morgan fingerprint density at radius 1 is 1.11 bits per heavy atom. The van der Waals surface area contributed by atoms with Crippen molar-refractivity contribution in [1.82, 2.24) is 14.7 Å². The Labute approximate surface area is 160 Å². The zero-order chi connectivity index (χ0) is 19.4. The average molecular weight is 376 g/mol. The van der Waals surface area contributed by atoms with E-state index >= 15 is 0 Å². The predicted molar refractivity (Wildman–Crippen MR) is 103 cm³/mol. The topological polar surface area (TPSA) is 55.9 Å². The zero-order valence-electron chi connectivity index (χ0n) is 16.2. The van der Waals surface area contributed by atoms with E-state index in [9.17, 15) is 14.0 Å². The van der Waals surface area contributed by atoms with E-state index in [1.807, 2.05) is 11.8 Å². The molecule has 6 nitrogen and oxygen atoms in total. The number of carbonyl (C=O) groups excluding carboxylic acids is 2. The second-order valence-corrected chi connectivity index (χ2v) is 7.53. The first-order chi connectivity index (χ1) is 12.9. The second kappa shape index (κ2) is 8.80. The Bertz CT molecular complexity index is 683. The van der Waals surface area contributed by atoms with Crippen molar-refractivity contribution < 1.29 is 14.0 Å². The zero-order valence-corrected chi connectivity index (χ0v) is 16.2. The summed E-state index contributed by atoms with van der Waals surface area (Å²) in [5, 5.41) is 2.79. The molecule has 0 unspecified atom stereocenters. The Morgan fingerprint density at radius 2 is 1.78 bits per heavy atom. The van der Waals surface area contributed by atoms with Gasteiger partial charge in [-0.15, -0.1) is 0 Å². The van der Waals surface area contributed by atoms with Crippen LogP contribution in [-0.2, 0) is 9.59 Å². The molecule has 0 bridgehead atoms. The van der Waals surface area contributed by atoms with Crippen molar-refractivity contribution in [3.63, 3.8) is 0 Å². The molecule has 1 N–H and O–H groups in total. The minimum Gasteiger partial charge on any atom is -0.342 e. The van der Waals surface area contributed by atoms with Crippen LogP contribution in [0.15, 0.2) is 18.2 Å². The summed E-state index contributed by atoms with van der Waals surface area (Å²) in [5.74, 6) is -0.246.